The number of ether oxygens (including phenoxy) is 1. The van der Waals surface area contributed by atoms with Crippen LogP contribution in [0.15, 0.2) is 0 Å². The zero-order valence-corrected chi connectivity index (χ0v) is 15.2. The number of esters is 1. The molecule has 0 spiro atoms. The maximum Gasteiger partial charge on any atom is 0.329 e. The highest BCUT2D eigenvalue weighted by molar-refractivity contribution is 8.00. The van der Waals surface area contributed by atoms with Crippen LogP contribution in [0.5, 0.6) is 0 Å². The molecule has 0 saturated heterocycles. The summed E-state index contributed by atoms with van der Waals surface area (Å²) in [6, 6.07) is -2.01. The van der Waals surface area contributed by atoms with E-state index >= 15 is 0 Å². The summed E-state index contributed by atoms with van der Waals surface area (Å²) in [6.07, 6.45) is 6.34. The van der Waals surface area contributed by atoms with Crippen molar-refractivity contribution in [3.63, 3.8) is 0 Å². The van der Waals surface area contributed by atoms with Crippen molar-refractivity contribution >= 4 is 29.6 Å². The third kappa shape index (κ3) is 6.32. The minimum atomic E-state index is -1.19. The molecule has 24 heavy (non-hydrogen) atoms. The van der Waals surface area contributed by atoms with Gasteiger partial charge in [-0.2, -0.15) is 11.8 Å². The summed E-state index contributed by atoms with van der Waals surface area (Å²) in [4.78, 5) is 34.6. The van der Waals surface area contributed by atoms with E-state index in [1.165, 1.54) is 26.4 Å². The van der Waals surface area contributed by atoms with Gasteiger partial charge in [0.05, 0.1) is 19.6 Å². The monoisotopic (exact) mass is 360 g/mol. The van der Waals surface area contributed by atoms with Crippen molar-refractivity contribution in [1.29, 1.82) is 0 Å². The number of methoxy groups -OCH3 is 1. The number of nitrogens with two attached hydrogens (primary N) is 1. The number of carbonyl (C=O) groups excluding carboxylic acids is 2. The van der Waals surface area contributed by atoms with Crippen LogP contribution in [-0.2, 0) is 19.1 Å². The zero-order chi connectivity index (χ0) is 18.2. The van der Waals surface area contributed by atoms with Crippen molar-refractivity contribution in [2.45, 2.75) is 68.7 Å². The second kappa shape index (κ2) is 9.88. The van der Waals surface area contributed by atoms with E-state index in [0.29, 0.717) is 5.75 Å². The molecular formula is C16H28N2O5S. The first-order chi connectivity index (χ1) is 11.3. The molecule has 2 atom stereocenters. The molecule has 0 aromatic heterocycles. The average Bonchev–Trinajstić information content (AvgIpc) is 2.57. The molecule has 0 unspecified atom stereocenters. The van der Waals surface area contributed by atoms with Crippen LogP contribution in [0.3, 0.4) is 0 Å². The molecule has 1 aliphatic carbocycles. The molecular weight excluding hydrogens is 332 g/mol. The van der Waals surface area contributed by atoms with Gasteiger partial charge in [-0.1, -0.05) is 26.2 Å². The van der Waals surface area contributed by atoms with Crippen molar-refractivity contribution in [2.75, 3.05) is 12.9 Å². The number of hydrogen-bond acceptors (Lipinski definition) is 6. The van der Waals surface area contributed by atoms with Gasteiger partial charge in [0.2, 0.25) is 5.91 Å². The van der Waals surface area contributed by atoms with Gasteiger partial charge in [-0.15, -0.1) is 0 Å². The summed E-state index contributed by atoms with van der Waals surface area (Å²) in [6.45, 7) is 2.15. The largest absolute Gasteiger partial charge is 0.481 e. The lowest BCUT2D eigenvalue weighted by Crippen LogP contribution is -2.51. The van der Waals surface area contributed by atoms with Gasteiger partial charge < -0.3 is 20.9 Å². The Labute approximate surface area is 147 Å². The van der Waals surface area contributed by atoms with Crippen LogP contribution in [0, 0.1) is 0 Å². The fourth-order valence-electron chi connectivity index (χ4n) is 2.93. The fourth-order valence-corrected chi connectivity index (χ4v) is 4.45. The van der Waals surface area contributed by atoms with Crippen molar-refractivity contribution in [3.05, 3.63) is 0 Å². The van der Waals surface area contributed by atoms with Gasteiger partial charge in [0, 0.05) is 10.5 Å². The van der Waals surface area contributed by atoms with Crippen LogP contribution >= 0.6 is 11.8 Å². The molecule has 0 radical (unpaired) electrons. The summed E-state index contributed by atoms with van der Waals surface area (Å²) in [5.41, 5.74) is 5.55. The Kier molecular flexibility index (Phi) is 8.55. The standard InChI is InChI=1S/C16H28N2O5S/c1-3-16(7-5-4-6-8-16)24-10-12(15(22)23-2)18-14(21)11(17)9-13(19)20/h11-12H,3-10,17H2,1-2H3,(H,18,21)(H,19,20)/t11-,12-/m0/s1. The molecule has 8 heteroatoms. The predicted octanol–water partition coefficient (Wildman–Crippen LogP) is 1.29. The Balaban J connectivity index is 2.66. The molecule has 4 N–H and O–H groups in total. The van der Waals surface area contributed by atoms with Gasteiger partial charge in [-0.3, -0.25) is 9.59 Å². The highest BCUT2D eigenvalue weighted by atomic mass is 32.2. The molecule has 1 saturated carbocycles. The molecule has 0 heterocycles. The Bertz CT molecular complexity index is 452. The Morgan fingerprint density at radius 3 is 2.42 bits per heavy atom. The van der Waals surface area contributed by atoms with Gasteiger partial charge >= 0.3 is 11.9 Å². The summed E-state index contributed by atoms with van der Waals surface area (Å²) in [5, 5.41) is 11.2. The first kappa shape index (κ1) is 20.8. The van der Waals surface area contributed by atoms with E-state index in [2.05, 4.69) is 12.2 Å². The number of carboxylic acids is 1. The lowest BCUT2D eigenvalue weighted by molar-refractivity contribution is -0.144. The van der Waals surface area contributed by atoms with Crippen molar-refractivity contribution in [3.8, 4) is 0 Å². The normalized spacial score (nSPS) is 19.1. The lowest BCUT2D eigenvalue weighted by atomic mass is 9.86. The van der Waals surface area contributed by atoms with Gasteiger partial charge in [0.25, 0.3) is 0 Å². The Morgan fingerprint density at radius 2 is 1.92 bits per heavy atom. The highest BCUT2D eigenvalue weighted by Gasteiger charge is 2.34. The average molecular weight is 360 g/mol. The minimum absolute atomic E-state index is 0.137. The molecule has 1 fully saturated rings. The number of thioether (sulfide) groups is 1. The number of amides is 1. The van der Waals surface area contributed by atoms with Crippen molar-refractivity contribution in [2.24, 2.45) is 5.73 Å². The molecule has 1 rings (SSSR count). The van der Waals surface area contributed by atoms with Gasteiger partial charge in [0.1, 0.15) is 6.04 Å². The lowest BCUT2D eigenvalue weighted by Gasteiger charge is -2.36. The molecule has 0 aliphatic heterocycles. The van der Waals surface area contributed by atoms with Crippen LogP contribution in [0.2, 0.25) is 0 Å². The van der Waals surface area contributed by atoms with E-state index in [4.69, 9.17) is 15.6 Å². The van der Waals surface area contributed by atoms with Crippen LogP contribution in [0.4, 0.5) is 0 Å². The maximum absolute atomic E-state index is 12.0. The Hall–Kier alpha value is -1.28. The van der Waals surface area contributed by atoms with Crippen molar-refractivity contribution in [1.82, 2.24) is 5.32 Å². The summed E-state index contributed by atoms with van der Waals surface area (Å²) >= 11 is 1.69. The zero-order valence-electron chi connectivity index (χ0n) is 14.4. The molecule has 138 valence electrons. The molecule has 0 aromatic rings. The third-order valence-electron chi connectivity index (χ3n) is 4.50. The Morgan fingerprint density at radius 1 is 1.29 bits per heavy atom. The van der Waals surface area contributed by atoms with Gasteiger partial charge in [0.15, 0.2) is 0 Å². The van der Waals surface area contributed by atoms with Crippen LogP contribution in [-0.4, -0.2) is 52.6 Å². The van der Waals surface area contributed by atoms with Crippen molar-refractivity contribution < 1.29 is 24.2 Å². The molecule has 1 amide bonds. The molecule has 0 aromatic carbocycles. The topological polar surface area (TPSA) is 119 Å². The highest BCUT2D eigenvalue weighted by Crippen LogP contribution is 2.42. The fraction of sp³-hybridized carbons (Fsp3) is 0.812. The van der Waals surface area contributed by atoms with E-state index in [-0.39, 0.29) is 4.75 Å². The van der Waals surface area contributed by atoms with Crippen LogP contribution in [0.1, 0.15) is 51.9 Å². The molecule has 7 nitrogen and oxygen atoms in total. The van der Waals surface area contributed by atoms with E-state index in [9.17, 15) is 14.4 Å². The smallest absolute Gasteiger partial charge is 0.329 e. The van der Waals surface area contributed by atoms with E-state index in [1.807, 2.05) is 0 Å². The second-order valence-electron chi connectivity index (χ2n) is 6.20. The number of hydrogen-bond donors (Lipinski definition) is 3. The summed E-state index contributed by atoms with van der Waals surface area (Å²) in [7, 11) is 1.26. The number of aliphatic carboxylic acids is 1. The third-order valence-corrected chi connectivity index (χ3v) is 6.31. The SMILES string of the molecule is CCC1(SC[C@H](NC(=O)[C@@H](N)CC(=O)O)C(=O)OC)CCCCC1. The summed E-state index contributed by atoms with van der Waals surface area (Å²) in [5.74, 6) is -1.96. The van der Waals surface area contributed by atoms with E-state index < -0.39 is 36.4 Å². The number of carbonyl (C=O) groups is 3. The van der Waals surface area contributed by atoms with E-state index in [1.54, 1.807) is 11.8 Å². The van der Waals surface area contributed by atoms with Gasteiger partial charge in [-0.25, -0.2) is 4.79 Å². The van der Waals surface area contributed by atoms with Crippen LogP contribution in [0.25, 0.3) is 0 Å². The number of carboxylic acid groups (broad SMARTS) is 1. The number of rotatable bonds is 9. The number of nitrogens with one attached hydrogen (secondary N) is 1. The minimum Gasteiger partial charge on any atom is -0.481 e. The van der Waals surface area contributed by atoms with Gasteiger partial charge in [-0.05, 0) is 19.3 Å². The maximum atomic E-state index is 12.0. The second-order valence-corrected chi connectivity index (χ2v) is 7.68. The quantitative estimate of drug-likeness (QED) is 0.530. The first-order valence-corrected chi connectivity index (χ1v) is 9.31. The molecule has 1 aliphatic rings. The van der Waals surface area contributed by atoms with E-state index in [0.717, 1.165) is 19.3 Å². The first-order valence-electron chi connectivity index (χ1n) is 8.33. The summed E-state index contributed by atoms with van der Waals surface area (Å²) < 4.78 is 4.89. The predicted molar refractivity (Wildman–Crippen MR) is 92.7 cm³/mol. The molecule has 0 bridgehead atoms. The van der Waals surface area contributed by atoms with Crippen LogP contribution < -0.4 is 11.1 Å².